The second-order valence-corrected chi connectivity index (χ2v) is 4.95. The Balaban J connectivity index is 0.000000648. The number of para-hydroxylation sites is 2. The summed E-state index contributed by atoms with van der Waals surface area (Å²) in [5.41, 5.74) is 5.82. The molecular formula is C17H23N3O4. The third-order valence-electron chi connectivity index (χ3n) is 3.09. The lowest BCUT2D eigenvalue weighted by molar-refractivity contribution is 0.205. The van der Waals surface area contributed by atoms with Gasteiger partial charge in [0.2, 0.25) is 0 Å². The van der Waals surface area contributed by atoms with Crippen molar-refractivity contribution in [2.45, 2.75) is 13.1 Å². The van der Waals surface area contributed by atoms with Crippen molar-refractivity contribution in [2.75, 3.05) is 13.1 Å². The first-order chi connectivity index (χ1) is 11.5. The van der Waals surface area contributed by atoms with E-state index in [1.807, 2.05) is 36.4 Å². The van der Waals surface area contributed by atoms with Gasteiger partial charge in [0, 0.05) is 37.3 Å². The molecule has 0 saturated heterocycles. The minimum Gasteiger partial charge on any atom is -0.508 e. The lowest BCUT2D eigenvalue weighted by Gasteiger charge is -2.08. The number of phenolic OH excluding ortho intramolecular Hbond substituents is 2. The minimum atomic E-state index is -1.33. The fraction of sp³-hybridized carbons (Fsp3) is 0.235. The van der Waals surface area contributed by atoms with Crippen LogP contribution in [0.5, 0.6) is 11.5 Å². The number of amides is 1. The Morgan fingerprint density at radius 2 is 1.17 bits per heavy atom. The summed E-state index contributed by atoms with van der Waals surface area (Å²) in [6, 6.07) is 14.6. The van der Waals surface area contributed by atoms with Crippen LogP contribution in [0.25, 0.3) is 0 Å². The topological polar surface area (TPSA) is 128 Å². The van der Waals surface area contributed by atoms with Crippen LogP contribution in [0.15, 0.2) is 48.5 Å². The normalized spacial score (nSPS) is 9.83. The van der Waals surface area contributed by atoms with Crippen molar-refractivity contribution in [3.05, 3.63) is 59.7 Å². The summed E-state index contributed by atoms with van der Waals surface area (Å²) in [5, 5.41) is 32.9. The summed E-state index contributed by atoms with van der Waals surface area (Å²) in [6.45, 7) is 2.87. The Bertz CT molecular complexity index is 581. The quantitative estimate of drug-likeness (QED) is 0.427. The summed E-state index contributed by atoms with van der Waals surface area (Å²) >= 11 is 0. The Labute approximate surface area is 140 Å². The van der Waals surface area contributed by atoms with Crippen LogP contribution in [-0.4, -0.2) is 34.5 Å². The van der Waals surface area contributed by atoms with Gasteiger partial charge in [-0.25, -0.2) is 4.79 Å². The first-order valence-electron chi connectivity index (χ1n) is 7.44. The van der Waals surface area contributed by atoms with Crippen molar-refractivity contribution in [1.29, 1.82) is 0 Å². The van der Waals surface area contributed by atoms with E-state index >= 15 is 0 Å². The average Bonchev–Trinajstić information content (AvgIpc) is 2.53. The number of benzene rings is 2. The molecule has 0 spiro atoms. The molecule has 0 aliphatic heterocycles. The smallest absolute Gasteiger partial charge is 0.402 e. The first-order valence-corrected chi connectivity index (χ1v) is 7.44. The third kappa shape index (κ3) is 8.02. The van der Waals surface area contributed by atoms with Crippen LogP contribution in [0.4, 0.5) is 4.79 Å². The number of carbonyl (C=O) groups is 1. The van der Waals surface area contributed by atoms with Crippen molar-refractivity contribution in [3.8, 4) is 11.5 Å². The number of hydrogen-bond donors (Lipinski definition) is 6. The maximum Gasteiger partial charge on any atom is 0.402 e. The predicted octanol–water partition coefficient (Wildman–Crippen LogP) is 1.60. The number of aromatic hydroxyl groups is 2. The largest absolute Gasteiger partial charge is 0.508 e. The van der Waals surface area contributed by atoms with Gasteiger partial charge in [-0.3, -0.25) is 0 Å². The van der Waals surface area contributed by atoms with Crippen LogP contribution in [0.3, 0.4) is 0 Å². The second-order valence-electron chi connectivity index (χ2n) is 4.95. The summed E-state index contributed by atoms with van der Waals surface area (Å²) < 4.78 is 0. The molecule has 0 bridgehead atoms. The van der Waals surface area contributed by atoms with E-state index in [1.165, 1.54) is 0 Å². The zero-order chi connectivity index (χ0) is 17.8. The van der Waals surface area contributed by atoms with Crippen molar-refractivity contribution in [3.63, 3.8) is 0 Å². The zero-order valence-electron chi connectivity index (χ0n) is 13.3. The van der Waals surface area contributed by atoms with E-state index in [9.17, 15) is 10.2 Å². The number of carboxylic acid groups (broad SMARTS) is 1. The van der Waals surface area contributed by atoms with Gasteiger partial charge >= 0.3 is 6.09 Å². The molecule has 0 aliphatic carbocycles. The maximum absolute atomic E-state index is 9.61. The summed E-state index contributed by atoms with van der Waals surface area (Å²) in [4.78, 5) is 8.78. The molecule has 130 valence electrons. The van der Waals surface area contributed by atoms with Gasteiger partial charge in [-0.1, -0.05) is 36.4 Å². The van der Waals surface area contributed by atoms with Crippen LogP contribution in [0, 0.1) is 0 Å². The molecule has 0 saturated carbocycles. The van der Waals surface area contributed by atoms with E-state index in [1.54, 1.807) is 12.1 Å². The summed E-state index contributed by atoms with van der Waals surface area (Å²) in [6.07, 6.45) is -1.33. The molecule has 2 rings (SSSR count). The monoisotopic (exact) mass is 333 g/mol. The lowest BCUT2D eigenvalue weighted by Crippen LogP contribution is -2.26. The number of primary amides is 1. The Morgan fingerprint density at radius 1 is 0.833 bits per heavy atom. The Hall–Kier alpha value is -2.77. The minimum absolute atomic E-state index is 0.321. The molecule has 7 heteroatoms. The van der Waals surface area contributed by atoms with Crippen molar-refractivity contribution >= 4 is 6.09 Å². The molecule has 0 unspecified atom stereocenters. The van der Waals surface area contributed by atoms with Crippen molar-refractivity contribution < 1.29 is 20.1 Å². The number of nitrogens with one attached hydrogen (secondary N) is 2. The molecule has 0 radical (unpaired) electrons. The Morgan fingerprint density at radius 3 is 1.50 bits per heavy atom. The second kappa shape index (κ2) is 10.9. The zero-order valence-corrected chi connectivity index (χ0v) is 13.3. The maximum atomic E-state index is 9.61. The van der Waals surface area contributed by atoms with E-state index < -0.39 is 6.09 Å². The fourth-order valence-corrected chi connectivity index (χ4v) is 1.94. The highest BCUT2D eigenvalue weighted by atomic mass is 16.4. The molecular weight excluding hydrogens is 310 g/mol. The highest BCUT2D eigenvalue weighted by molar-refractivity contribution is 5.61. The van der Waals surface area contributed by atoms with Gasteiger partial charge in [-0.05, 0) is 12.1 Å². The van der Waals surface area contributed by atoms with Gasteiger partial charge < -0.3 is 31.7 Å². The average molecular weight is 333 g/mol. The van der Waals surface area contributed by atoms with E-state index in [0.717, 1.165) is 24.2 Å². The molecule has 0 aliphatic rings. The molecule has 2 aromatic rings. The lowest BCUT2D eigenvalue weighted by atomic mass is 10.2. The van der Waals surface area contributed by atoms with E-state index in [4.69, 9.17) is 9.90 Å². The van der Waals surface area contributed by atoms with Crippen LogP contribution < -0.4 is 16.4 Å². The molecule has 0 aromatic heterocycles. The Kier molecular flexibility index (Phi) is 8.73. The SMILES string of the molecule is NC(=O)O.Oc1ccccc1CNCCNCc1ccccc1O. The van der Waals surface area contributed by atoms with Crippen LogP contribution >= 0.6 is 0 Å². The van der Waals surface area contributed by atoms with E-state index in [0.29, 0.717) is 24.6 Å². The van der Waals surface area contributed by atoms with E-state index in [-0.39, 0.29) is 0 Å². The molecule has 0 fully saturated rings. The van der Waals surface area contributed by atoms with Gasteiger partial charge in [0.25, 0.3) is 0 Å². The molecule has 0 atom stereocenters. The molecule has 0 heterocycles. The molecule has 7 nitrogen and oxygen atoms in total. The number of nitrogens with two attached hydrogens (primary N) is 1. The first kappa shape index (κ1) is 19.3. The van der Waals surface area contributed by atoms with Gasteiger partial charge in [0.05, 0.1) is 0 Å². The van der Waals surface area contributed by atoms with E-state index in [2.05, 4.69) is 16.4 Å². The molecule has 2 aromatic carbocycles. The van der Waals surface area contributed by atoms with Crippen molar-refractivity contribution in [1.82, 2.24) is 10.6 Å². The molecule has 7 N–H and O–H groups in total. The number of hydrogen-bond acceptors (Lipinski definition) is 5. The van der Waals surface area contributed by atoms with Gasteiger partial charge in [0.15, 0.2) is 0 Å². The van der Waals surface area contributed by atoms with Crippen molar-refractivity contribution in [2.24, 2.45) is 5.73 Å². The number of rotatable bonds is 7. The standard InChI is InChI=1S/C16H20N2O2.CH3NO2/c19-15-7-3-1-5-13(15)11-17-9-10-18-12-14-6-2-4-8-16(14)20;2-1(3)4/h1-8,17-20H,9-12H2;2H2,(H,3,4). The number of phenols is 2. The third-order valence-corrected chi connectivity index (χ3v) is 3.09. The van der Waals surface area contributed by atoms with Crippen LogP contribution in [0.1, 0.15) is 11.1 Å². The van der Waals surface area contributed by atoms with Gasteiger partial charge in [-0.2, -0.15) is 0 Å². The predicted molar refractivity (Wildman–Crippen MR) is 91.8 cm³/mol. The van der Waals surface area contributed by atoms with Gasteiger partial charge in [0.1, 0.15) is 11.5 Å². The fourth-order valence-electron chi connectivity index (χ4n) is 1.94. The summed E-state index contributed by atoms with van der Waals surface area (Å²) in [7, 11) is 0. The van der Waals surface area contributed by atoms with Crippen LogP contribution in [-0.2, 0) is 13.1 Å². The summed E-state index contributed by atoms with van der Waals surface area (Å²) in [5.74, 6) is 0.643. The molecule has 1 amide bonds. The molecule has 24 heavy (non-hydrogen) atoms. The van der Waals surface area contributed by atoms with Gasteiger partial charge in [-0.15, -0.1) is 0 Å². The highest BCUT2D eigenvalue weighted by Gasteiger charge is 1.99. The highest BCUT2D eigenvalue weighted by Crippen LogP contribution is 2.15. The van der Waals surface area contributed by atoms with Crippen LogP contribution in [0.2, 0.25) is 0 Å².